The van der Waals surface area contributed by atoms with Crippen LogP contribution in [0.4, 0.5) is 13.2 Å². The van der Waals surface area contributed by atoms with Gasteiger partial charge in [-0.15, -0.1) is 0 Å². The minimum atomic E-state index is -4.40. The summed E-state index contributed by atoms with van der Waals surface area (Å²) in [6.07, 6.45) is 9.35. The van der Waals surface area contributed by atoms with Crippen LogP contribution in [-0.2, 0) is 23.9 Å². The number of halogens is 3. The molecule has 4 fully saturated rings. The van der Waals surface area contributed by atoms with Gasteiger partial charge in [-0.25, -0.2) is 0 Å². The molecule has 1 aliphatic heterocycles. The highest BCUT2D eigenvalue weighted by Gasteiger charge is 2.58. The molecule has 0 aromatic carbocycles. The second-order valence-corrected chi connectivity index (χ2v) is 12.3. The molecule has 1 amide bonds. The Morgan fingerprint density at radius 1 is 1.09 bits per heavy atom. The minimum absolute atomic E-state index is 0.229. The van der Waals surface area contributed by atoms with Crippen molar-refractivity contribution >= 4 is 5.91 Å². The van der Waals surface area contributed by atoms with Crippen LogP contribution in [0.5, 0.6) is 0 Å². The van der Waals surface area contributed by atoms with E-state index in [-0.39, 0.29) is 17.9 Å². The number of rotatable bonds is 2. The molecule has 2 heterocycles. The lowest BCUT2D eigenvalue weighted by Gasteiger charge is -2.38. The zero-order valence-corrected chi connectivity index (χ0v) is 20.2. The van der Waals surface area contributed by atoms with E-state index < -0.39 is 11.7 Å². The number of fused-ring (bicyclic) bond motifs is 3. The van der Waals surface area contributed by atoms with Gasteiger partial charge in [0.25, 0.3) is 0 Å². The molecule has 6 rings (SSSR count). The Kier molecular flexibility index (Phi) is 5.53. The molecule has 0 saturated heterocycles. The largest absolute Gasteiger partial charge is 0.417 e. The van der Waals surface area contributed by atoms with Crippen molar-refractivity contribution in [3.8, 4) is 0 Å². The van der Waals surface area contributed by atoms with Gasteiger partial charge >= 0.3 is 6.18 Å². The molecule has 4 aliphatic carbocycles. The van der Waals surface area contributed by atoms with Crippen LogP contribution in [0.25, 0.3) is 0 Å². The summed E-state index contributed by atoms with van der Waals surface area (Å²) in [7, 11) is 0. The van der Waals surface area contributed by atoms with Crippen LogP contribution in [-0.4, -0.2) is 22.3 Å². The van der Waals surface area contributed by atoms with Gasteiger partial charge in [-0.05, 0) is 98.5 Å². The normalized spacial score (nSPS) is 39.6. The molecule has 186 valence electrons. The Balaban J connectivity index is 1.20. The Hall–Kier alpha value is -1.59. The maximum atomic E-state index is 14.1. The molecule has 34 heavy (non-hydrogen) atoms. The van der Waals surface area contributed by atoms with Gasteiger partial charge in [0.15, 0.2) is 0 Å². The smallest absolute Gasteiger partial charge is 0.337 e. The van der Waals surface area contributed by atoms with E-state index in [2.05, 4.69) is 11.9 Å². The monoisotopic (exact) mass is 474 g/mol. The average Bonchev–Trinajstić information content (AvgIpc) is 3.49. The molecule has 1 aromatic heterocycles. The third kappa shape index (κ3) is 3.69. The van der Waals surface area contributed by atoms with Crippen molar-refractivity contribution in [2.24, 2.45) is 40.9 Å². The number of carbonyl (C=O) groups is 1. The van der Waals surface area contributed by atoms with Crippen molar-refractivity contribution in [2.45, 2.75) is 90.3 Å². The van der Waals surface area contributed by atoms with Crippen molar-refractivity contribution in [3.63, 3.8) is 0 Å². The van der Waals surface area contributed by atoms with E-state index in [1.54, 1.807) is 0 Å². The lowest BCUT2D eigenvalue weighted by atomic mass is 9.70. The van der Waals surface area contributed by atoms with Gasteiger partial charge in [0.05, 0.1) is 11.0 Å². The molecule has 2 unspecified atom stereocenters. The number of nitrogens with zero attached hydrogens (tertiary/aromatic N) is 2. The van der Waals surface area contributed by atoms with Gasteiger partial charge in [-0.2, -0.15) is 13.2 Å². The minimum Gasteiger partial charge on any atom is -0.337 e. The van der Waals surface area contributed by atoms with Crippen molar-refractivity contribution < 1.29 is 18.0 Å². The Labute approximate surface area is 200 Å². The van der Waals surface area contributed by atoms with E-state index >= 15 is 0 Å². The highest BCUT2D eigenvalue weighted by atomic mass is 19.4. The van der Waals surface area contributed by atoms with E-state index in [1.165, 1.54) is 44.6 Å². The number of carbonyl (C=O) groups excluding carboxylic acids is 1. The summed E-state index contributed by atoms with van der Waals surface area (Å²) in [4.78, 5) is 20.0. The number of aromatic nitrogens is 1. The average molecular weight is 475 g/mol. The highest BCUT2D eigenvalue weighted by molar-refractivity contribution is 5.84. The van der Waals surface area contributed by atoms with Crippen LogP contribution in [0, 0.1) is 40.9 Å². The van der Waals surface area contributed by atoms with Crippen LogP contribution in [0.3, 0.4) is 0 Å². The maximum absolute atomic E-state index is 14.1. The summed E-state index contributed by atoms with van der Waals surface area (Å²) in [5.74, 6) is 4.77. The molecule has 5 aliphatic rings. The second-order valence-electron chi connectivity index (χ2n) is 12.3. The molecule has 1 aromatic rings. The van der Waals surface area contributed by atoms with E-state index in [1.807, 2.05) is 4.90 Å². The summed E-state index contributed by atoms with van der Waals surface area (Å²) >= 11 is 0. The lowest BCUT2D eigenvalue weighted by Crippen LogP contribution is -2.46. The predicted molar refractivity (Wildman–Crippen MR) is 124 cm³/mol. The molecule has 7 atom stereocenters. The molecule has 0 bridgehead atoms. The topological polar surface area (TPSA) is 33.2 Å². The fourth-order valence-electron chi connectivity index (χ4n) is 9.06. The van der Waals surface area contributed by atoms with Crippen molar-refractivity contribution in [1.29, 1.82) is 0 Å². The molecule has 0 N–H and O–H groups in total. The third-order valence-corrected chi connectivity index (χ3v) is 10.6. The van der Waals surface area contributed by atoms with Crippen LogP contribution in [0.1, 0.15) is 88.0 Å². The highest BCUT2D eigenvalue weighted by Crippen LogP contribution is 2.62. The summed E-state index contributed by atoms with van der Waals surface area (Å²) in [5.41, 5.74) is 0.309. The Morgan fingerprint density at radius 2 is 1.88 bits per heavy atom. The summed E-state index contributed by atoms with van der Waals surface area (Å²) < 4.78 is 39.7. The zero-order valence-electron chi connectivity index (χ0n) is 20.2. The van der Waals surface area contributed by atoms with E-state index in [0.717, 1.165) is 55.6 Å². The van der Waals surface area contributed by atoms with Crippen molar-refractivity contribution in [2.75, 3.05) is 6.54 Å². The summed E-state index contributed by atoms with van der Waals surface area (Å²) in [6, 6.07) is 1.21. The van der Waals surface area contributed by atoms with Crippen molar-refractivity contribution in [1.82, 2.24) is 9.88 Å². The fraction of sp³-hybridized carbons (Fsp3) is 0.786. The molecular weight excluding hydrogens is 437 g/mol. The first-order chi connectivity index (χ1) is 16.2. The number of hydrogen-bond acceptors (Lipinski definition) is 2. The number of hydrogen-bond donors (Lipinski definition) is 0. The quantitative estimate of drug-likeness (QED) is 0.481. The van der Waals surface area contributed by atoms with Gasteiger partial charge < -0.3 is 4.90 Å². The SMILES string of the molecule is CC1CC[C@H]2C([C@@H]3C[C@H]4CCC[C@@]4(C(=O)N4CCc5ncc(C(F)(F)F)cc5C4)C3)CC[C@H]2C1. The van der Waals surface area contributed by atoms with E-state index in [9.17, 15) is 18.0 Å². The van der Waals surface area contributed by atoms with Crippen LogP contribution >= 0.6 is 0 Å². The van der Waals surface area contributed by atoms with Gasteiger partial charge in [0.1, 0.15) is 0 Å². The molecule has 4 saturated carbocycles. The van der Waals surface area contributed by atoms with E-state index in [0.29, 0.717) is 36.1 Å². The molecule has 0 radical (unpaired) electrons. The van der Waals surface area contributed by atoms with Gasteiger partial charge in [-0.3, -0.25) is 9.78 Å². The summed E-state index contributed by atoms with van der Waals surface area (Å²) in [6.45, 7) is 3.26. The standard InChI is InChI=1S/C28H37F3N2O/c1-17-4-6-23-18(11-17)5-7-24(23)19-12-21-3-2-9-27(21,14-19)26(34)33-10-8-25-20(16-33)13-22(15-32-25)28(29,30)31/h13,15,17-19,21,23-24H,2-12,14,16H2,1H3/t17?,18-,19+,21+,23+,24?,27+/m0/s1. The van der Waals surface area contributed by atoms with Crippen molar-refractivity contribution in [3.05, 3.63) is 29.1 Å². The maximum Gasteiger partial charge on any atom is 0.417 e. The van der Waals surface area contributed by atoms with Crippen LogP contribution in [0.15, 0.2) is 12.3 Å². The molecule has 0 spiro atoms. The van der Waals surface area contributed by atoms with Crippen LogP contribution < -0.4 is 0 Å². The number of alkyl halides is 3. The second kappa shape index (κ2) is 8.23. The first kappa shape index (κ1) is 22.8. The Bertz CT molecular complexity index is 961. The van der Waals surface area contributed by atoms with Gasteiger partial charge in [0, 0.05) is 31.4 Å². The first-order valence-electron chi connectivity index (χ1n) is 13.6. The summed E-state index contributed by atoms with van der Waals surface area (Å²) in [5, 5.41) is 0. The molecule has 6 heteroatoms. The Morgan fingerprint density at radius 3 is 2.71 bits per heavy atom. The predicted octanol–water partition coefficient (Wildman–Crippen LogP) is 6.64. The third-order valence-electron chi connectivity index (χ3n) is 10.6. The van der Waals surface area contributed by atoms with Gasteiger partial charge in [0.2, 0.25) is 5.91 Å². The first-order valence-corrected chi connectivity index (χ1v) is 13.6. The fourth-order valence-corrected chi connectivity index (χ4v) is 9.06. The molecule has 3 nitrogen and oxygen atoms in total. The zero-order chi connectivity index (χ0) is 23.7. The number of amides is 1. The lowest BCUT2D eigenvalue weighted by molar-refractivity contribution is -0.144. The number of pyridine rings is 1. The molecular formula is C28H37F3N2O. The van der Waals surface area contributed by atoms with Crippen LogP contribution in [0.2, 0.25) is 0 Å². The van der Waals surface area contributed by atoms with E-state index in [4.69, 9.17) is 0 Å². The van der Waals surface area contributed by atoms with Gasteiger partial charge in [-0.1, -0.05) is 19.8 Å².